The Morgan fingerprint density at radius 3 is 2.71 bits per heavy atom. The standard InChI is InChI=1S/C9H11NO4/c11-7-4-8(12)10(9(13)14)6-3-1-2-5(6)7/h5-6H,1-4H2,(H,13,14). The van der Waals surface area contributed by atoms with E-state index in [-0.39, 0.29) is 24.2 Å². The van der Waals surface area contributed by atoms with Crippen LogP contribution in [0.4, 0.5) is 4.79 Å². The molecule has 2 aliphatic rings. The van der Waals surface area contributed by atoms with Crippen molar-refractivity contribution >= 4 is 17.8 Å². The smallest absolute Gasteiger partial charge is 0.414 e. The molecule has 2 amide bonds. The molecule has 5 nitrogen and oxygen atoms in total. The highest BCUT2D eigenvalue weighted by Crippen LogP contribution is 2.35. The van der Waals surface area contributed by atoms with Crippen LogP contribution in [0.1, 0.15) is 25.7 Å². The van der Waals surface area contributed by atoms with E-state index in [0.717, 1.165) is 17.7 Å². The molecule has 0 aromatic heterocycles. The number of hydrogen-bond acceptors (Lipinski definition) is 3. The second-order valence-electron chi connectivity index (χ2n) is 3.79. The molecular weight excluding hydrogens is 186 g/mol. The molecule has 2 rings (SSSR count). The lowest BCUT2D eigenvalue weighted by atomic mass is 9.90. The van der Waals surface area contributed by atoms with E-state index in [2.05, 4.69) is 0 Å². The molecule has 2 atom stereocenters. The number of amides is 2. The Kier molecular flexibility index (Phi) is 2.02. The molecular formula is C9H11NO4. The van der Waals surface area contributed by atoms with Gasteiger partial charge in [-0.1, -0.05) is 6.42 Å². The Bertz CT molecular complexity index is 312. The quantitative estimate of drug-likeness (QED) is 0.578. The highest BCUT2D eigenvalue weighted by atomic mass is 16.4. The maximum Gasteiger partial charge on any atom is 0.414 e. The third-order valence-electron chi connectivity index (χ3n) is 3.02. The summed E-state index contributed by atoms with van der Waals surface area (Å²) in [5.74, 6) is -0.885. The number of hydrogen-bond donors (Lipinski definition) is 1. The third kappa shape index (κ3) is 1.20. The number of ketones is 1. The van der Waals surface area contributed by atoms with Crippen LogP contribution < -0.4 is 0 Å². The number of carbonyl (C=O) groups excluding carboxylic acids is 2. The molecule has 1 saturated carbocycles. The van der Waals surface area contributed by atoms with Crippen molar-refractivity contribution in [3.63, 3.8) is 0 Å². The van der Waals surface area contributed by atoms with Gasteiger partial charge in [0.15, 0.2) is 0 Å². The van der Waals surface area contributed by atoms with E-state index in [0.29, 0.717) is 6.42 Å². The molecule has 2 fully saturated rings. The van der Waals surface area contributed by atoms with Crippen LogP contribution in [0, 0.1) is 5.92 Å². The van der Waals surface area contributed by atoms with Crippen LogP contribution >= 0.6 is 0 Å². The van der Waals surface area contributed by atoms with Gasteiger partial charge in [0.05, 0.1) is 12.5 Å². The van der Waals surface area contributed by atoms with Gasteiger partial charge < -0.3 is 5.11 Å². The summed E-state index contributed by atoms with van der Waals surface area (Å²) in [6, 6.07) is -0.388. The molecule has 5 heteroatoms. The summed E-state index contributed by atoms with van der Waals surface area (Å²) in [7, 11) is 0. The van der Waals surface area contributed by atoms with Gasteiger partial charge in [0.1, 0.15) is 5.78 Å². The van der Waals surface area contributed by atoms with Crippen LogP contribution in [0.3, 0.4) is 0 Å². The summed E-state index contributed by atoms with van der Waals surface area (Å²) in [5.41, 5.74) is 0. The van der Waals surface area contributed by atoms with Crippen LogP contribution in [-0.4, -0.2) is 33.8 Å². The van der Waals surface area contributed by atoms with E-state index in [4.69, 9.17) is 5.11 Å². The van der Waals surface area contributed by atoms with Gasteiger partial charge in [0.2, 0.25) is 5.91 Å². The first-order valence-corrected chi connectivity index (χ1v) is 4.69. The highest BCUT2D eigenvalue weighted by Gasteiger charge is 2.46. The molecule has 14 heavy (non-hydrogen) atoms. The number of likely N-dealkylation sites (tertiary alicyclic amines) is 1. The Morgan fingerprint density at radius 2 is 2.07 bits per heavy atom. The van der Waals surface area contributed by atoms with Gasteiger partial charge in [-0.25, -0.2) is 9.69 Å². The second kappa shape index (κ2) is 3.08. The Hall–Kier alpha value is -1.39. The number of Topliss-reactive ketones (excluding diaryl/α,β-unsaturated/α-hetero) is 1. The first kappa shape index (κ1) is 9.18. The minimum absolute atomic E-state index is 0.0880. The molecule has 1 aliphatic carbocycles. The summed E-state index contributed by atoms with van der Waals surface area (Å²) >= 11 is 0. The monoisotopic (exact) mass is 197 g/mol. The number of nitrogens with zero attached hydrogens (tertiary/aromatic N) is 1. The van der Waals surface area contributed by atoms with E-state index in [1.165, 1.54) is 0 Å². The molecule has 2 unspecified atom stereocenters. The Balaban J connectivity index is 2.29. The molecule has 0 aromatic carbocycles. The van der Waals surface area contributed by atoms with Crippen LogP contribution in [0.5, 0.6) is 0 Å². The summed E-state index contributed by atoms with van der Waals surface area (Å²) in [4.78, 5) is 34.4. The number of carbonyl (C=O) groups is 3. The van der Waals surface area contributed by atoms with E-state index >= 15 is 0 Å². The van der Waals surface area contributed by atoms with Gasteiger partial charge >= 0.3 is 6.09 Å². The maximum atomic E-state index is 11.4. The average molecular weight is 197 g/mol. The van der Waals surface area contributed by atoms with Gasteiger partial charge in [-0.3, -0.25) is 9.59 Å². The van der Waals surface area contributed by atoms with Crippen molar-refractivity contribution in [2.24, 2.45) is 5.92 Å². The van der Waals surface area contributed by atoms with E-state index in [9.17, 15) is 14.4 Å². The summed E-state index contributed by atoms with van der Waals surface area (Å²) in [5, 5.41) is 8.84. The lowest BCUT2D eigenvalue weighted by molar-refractivity contribution is -0.143. The molecule has 1 aliphatic heterocycles. The van der Waals surface area contributed by atoms with E-state index in [1.54, 1.807) is 0 Å². The third-order valence-corrected chi connectivity index (χ3v) is 3.02. The van der Waals surface area contributed by atoms with Gasteiger partial charge in [0, 0.05) is 5.92 Å². The van der Waals surface area contributed by atoms with Crippen LogP contribution in [0.15, 0.2) is 0 Å². The number of fused-ring (bicyclic) bond motifs is 1. The zero-order valence-electron chi connectivity index (χ0n) is 7.60. The molecule has 1 N–H and O–H groups in total. The SMILES string of the molecule is O=C1CC(=O)N(C(=O)O)C2CCCC12. The largest absolute Gasteiger partial charge is 0.465 e. The van der Waals surface area contributed by atoms with Gasteiger partial charge in [0.25, 0.3) is 0 Å². The van der Waals surface area contributed by atoms with Crippen molar-refractivity contribution < 1.29 is 19.5 Å². The Morgan fingerprint density at radius 1 is 1.36 bits per heavy atom. The molecule has 0 radical (unpaired) electrons. The second-order valence-corrected chi connectivity index (χ2v) is 3.79. The summed E-state index contributed by atoms with van der Waals surface area (Å²) in [6.07, 6.45) is 0.722. The lowest BCUT2D eigenvalue weighted by Gasteiger charge is -2.32. The van der Waals surface area contributed by atoms with E-state index in [1.807, 2.05) is 0 Å². The fraction of sp³-hybridized carbons (Fsp3) is 0.667. The van der Waals surface area contributed by atoms with Crippen molar-refractivity contribution in [3.05, 3.63) is 0 Å². The zero-order chi connectivity index (χ0) is 10.3. The minimum atomic E-state index is -1.22. The van der Waals surface area contributed by atoms with Gasteiger partial charge in [-0.2, -0.15) is 0 Å². The van der Waals surface area contributed by atoms with Gasteiger partial charge in [-0.05, 0) is 12.8 Å². The van der Waals surface area contributed by atoms with Crippen LogP contribution in [0.25, 0.3) is 0 Å². The van der Waals surface area contributed by atoms with Gasteiger partial charge in [-0.15, -0.1) is 0 Å². The molecule has 1 saturated heterocycles. The van der Waals surface area contributed by atoms with Crippen molar-refractivity contribution in [2.45, 2.75) is 31.7 Å². The first-order chi connectivity index (χ1) is 6.61. The number of rotatable bonds is 0. The first-order valence-electron chi connectivity index (χ1n) is 4.69. The normalized spacial score (nSPS) is 31.9. The number of piperidine rings is 1. The number of carboxylic acid groups (broad SMARTS) is 1. The van der Waals surface area contributed by atoms with Crippen molar-refractivity contribution in [2.75, 3.05) is 0 Å². The van der Waals surface area contributed by atoms with Crippen LogP contribution in [0.2, 0.25) is 0 Å². The summed E-state index contributed by atoms with van der Waals surface area (Å²) in [6.45, 7) is 0. The fourth-order valence-electron chi connectivity index (χ4n) is 2.42. The van der Waals surface area contributed by atoms with E-state index < -0.39 is 12.0 Å². The Labute approximate surface area is 80.7 Å². The molecule has 76 valence electrons. The highest BCUT2D eigenvalue weighted by molar-refractivity contribution is 6.07. The molecule has 1 heterocycles. The van der Waals surface area contributed by atoms with Crippen molar-refractivity contribution in [3.8, 4) is 0 Å². The molecule has 0 aromatic rings. The molecule has 0 spiro atoms. The minimum Gasteiger partial charge on any atom is -0.465 e. The predicted octanol–water partition coefficient (Wildman–Crippen LogP) is 0.635. The van der Waals surface area contributed by atoms with Crippen LogP contribution in [-0.2, 0) is 9.59 Å². The number of imide groups is 1. The predicted molar refractivity (Wildman–Crippen MR) is 45.6 cm³/mol. The molecule has 0 bridgehead atoms. The van der Waals surface area contributed by atoms with Crippen molar-refractivity contribution in [1.82, 2.24) is 4.90 Å². The fourth-order valence-corrected chi connectivity index (χ4v) is 2.42. The van der Waals surface area contributed by atoms with Crippen molar-refractivity contribution in [1.29, 1.82) is 0 Å². The zero-order valence-corrected chi connectivity index (χ0v) is 7.60. The summed E-state index contributed by atoms with van der Waals surface area (Å²) < 4.78 is 0. The topological polar surface area (TPSA) is 74.7 Å². The lowest BCUT2D eigenvalue weighted by Crippen LogP contribution is -2.52. The average Bonchev–Trinajstić information content (AvgIpc) is 2.51. The maximum absolute atomic E-state index is 11.4.